The largest absolute Gasteiger partial charge is 0.493 e. The van der Waals surface area contributed by atoms with Crippen LogP contribution in [0.25, 0.3) is 0 Å². The minimum Gasteiger partial charge on any atom is -0.493 e. The van der Waals surface area contributed by atoms with Gasteiger partial charge >= 0.3 is 0 Å². The molecular weight excluding hydrogens is 389 g/mol. The second-order valence-electron chi connectivity index (χ2n) is 5.71. The standard InChI is InChI=1S/C17H27N3O.HI/c1-14-8-6-9-15(2)16(14)21-13-7-10-19-17(18)20-11-4-3-5-12-20;/h6,8-9H,3-5,7,10-13H2,1-2H3,(H2,18,19);1H. The molecule has 1 fully saturated rings. The molecule has 22 heavy (non-hydrogen) atoms. The van der Waals surface area contributed by atoms with Gasteiger partial charge in [0.2, 0.25) is 0 Å². The number of aryl methyl sites for hydroxylation is 2. The van der Waals surface area contributed by atoms with Gasteiger partial charge < -0.3 is 15.4 Å². The molecule has 0 aliphatic carbocycles. The van der Waals surface area contributed by atoms with E-state index in [1.807, 2.05) is 0 Å². The number of benzene rings is 1. The quantitative estimate of drug-likeness (QED) is 0.345. The number of halogens is 1. The molecule has 1 aliphatic rings. The van der Waals surface area contributed by atoms with E-state index in [4.69, 9.17) is 10.5 Å². The van der Waals surface area contributed by atoms with Crippen LogP contribution in [0.5, 0.6) is 5.75 Å². The monoisotopic (exact) mass is 417 g/mol. The molecule has 0 unspecified atom stereocenters. The van der Waals surface area contributed by atoms with Crippen LogP contribution in [-0.2, 0) is 0 Å². The average molecular weight is 417 g/mol. The van der Waals surface area contributed by atoms with Crippen molar-refractivity contribution < 1.29 is 4.74 Å². The van der Waals surface area contributed by atoms with Gasteiger partial charge in [-0.1, -0.05) is 18.2 Å². The molecular formula is C17H28IN3O. The molecule has 1 aromatic rings. The van der Waals surface area contributed by atoms with Gasteiger partial charge in [0.1, 0.15) is 5.75 Å². The fourth-order valence-corrected chi connectivity index (χ4v) is 2.68. The number of ether oxygens (including phenoxy) is 1. The van der Waals surface area contributed by atoms with Crippen LogP contribution in [0.4, 0.5) is 0 Å². The first-order chi connectivity index (χ1) is 10.2. The predicted octanol–water partition coefficient (Wildman–Crippen LogP) is 3.49. The lowest BCUT2D eigenvalue weighted by Crippen LogP contribution is -2.40. The highest BCUT2D eigenvalue weighted by Gasteiger charge is 2.11. The molecule has 2 N–H and O–H groups in total. The lowest BCUT2D eigenvalue weighted by molar-refractivity contribution is 0.308. The molecule has 5 heteroatoms. The van der Waals surface area contributed by atoms with E-state index in [1.165, 1.54) is 30.4 Å². The van der Waals surface area contributed by atoms with E-state index in [0.717, 1.165) is 31.8 Å². The highest BCUT2D eigenvalue weighted by atomic mass is 127. The van der Waals surface area contributed by atoms with Gasteiger partial charge in [0.15, 0.2) is 5.96 Å². The van der Waals surface area contributed by atoms with E-state index >= 15 is 0 Å². The topological polar surface area (TPSA) is 50.9 Å². The normalized spacial score (nSPS) is 15.4. The first kappa shape index (κ1) is 19.1. The Morgan fingerprint density at radius 2 is 1.82 bits per heavy atom. The van der Waals surface area contributed by atoms with Gasteiger partial charge in [0.25, 0.3) is 0 Å². The number of hydrogen-bond acceptors (Lipinski definition) is 2. The third kappa shape index (κ3) is 5.66. The third-order valence-corrected chi connectivity index (χ3v) is 3.91. The number of rotatable bonds is 5. The summed E-state index contributed by atoms with van der Waals surface area (Å²) in [4.78, 5) is 6.65. The summed E-state index contributed by atoms with van der Waals surface area (Å²) in [5.74, 6) is 1.70. The maximum absolute atomic E-state index is 6.03. The summed E-state index contributed by atoms with van der Waals surface area (Å²) in [6.07, 6.45) is 4.66. The van der Waals surface area contributed by atoms with E-state index in [2.05, 4.69) is 41.9 Å². The molecule has 0 spiro atoms. The second-order valence-corrected chi connectivity index (χ2v) is 5.71. The van der Waals surface area contributed by atoms with Crippen LogP contribution in [0.2, 0.25) is 0 Å². The lowest BCUT2D eigenvalue weighted by atomic mass is 10.1. The van der Waals surface area contributed by atoms with Crippen LogP contribution in [0.1, 0.15) is 36.8 Å². The molecule has 124 valence electrons. The molecule has 0 amide bonds. The Labute approximate surface area is 151 Å². The summed E-state index contributed by atoms with van der Waals surface area (Å²) in [5.41, 5.74) is 8.40. The maximum atomic E-state index is 6.03. The Balaban J connectivity index is 0.00000242. The molecule has 1 aliphatic heterocycles. The Morgan fingerprint density at radius 1 is 1.18 bits per heavy atom. The van der Waals surface area contributed by atoms with E-state index in [-0.39, 0.29) is 24.0 Å². The zero-order valence-electron chi connectivity index (χ0n) is 13.7. The van der Waals surface area contributed by atoms with Crippen LogP contribution in [-0.4, -0.2) is 37.1 Å². The van der Waals surface area contributed by atoms with Gasteiger partial charge in [-0.15, -0.1) is 24.0 Å². The predicted molar refractivity (Wildman–Crippen MR) is 103 cm³/mol. The van der Waals surface area contributed by atoms with Crippen molar-refractivity contribution in [2.75, 3.05) is 26.2 Å². The summed E-state index contributed by atoms with van der Waals surface area (Å²) in [6, 6.07) is 6.21. The van der Waals surface area contributed by atoms with Gasteiger partial charge in [0, 0.05) is 26.1 Å². The van der Waals surface area contributed by atoms with Gasteiger partial charge in [-0.25, -0.2) is 0 Å². The summed E-state index contributed by atoms with van der Waals surface area (Å²) >= 11 is 0. The van der Waals surface area contributed by atoms with Gasteiger partial charge in [0.05, 0.1) is 6.61 Å². The van der Waals surface area contributed by atoms with Crippen LogP contribution >= 0.6 is 24.0 Å². The first-order valence-electron chi connectivity index (χ1n) is 7.92. The number of likely N-dealkylation sites (tertiary alicyclic amines) is 1. The van der Waals surface area contributed by atoms with Crippen molar-refractivity contribution in [2.24, 2.45) is 10.7 Å². The molecule has 1 aromatic carbocycles. The van der Waals surface area contributed by atoms with Crippen molar-refractivity contribution in [3.63, 3.8) is 0 Å². The lowest BCUT2D eigenvalue weighted by Gasteiger charge is -2.27. The van der Waals surface area contributed by atoms with Gasteiger partial charge in [-0.2, -0.15) is 0 Å². The van der Waals surface area contributed by atoms with Crippen molar-refractivity contribution in [1.29, 1.82) is 0 Å². The van der Waals surface area contributed by atoms with Crippen molar-refractivity contribution in [2.45, 2.75) is 39.5 Å². The summed E-state index contributed by atoms with van der Waals surface area (Å²) < 4.78 is 5.87. The molecule has 0 atom stereocenters. The average Bonchev–Trinajstić information content (AvgIpc) is 2.50. The molecule has 1 heterocycles. The number of hydrogen-bond donors (Lipinski definition) is 1. The van der Waals surface area contributed by atoms with E-state index in [1.54, 1.807) is 0 Å². The minimum absolute atomic E-state index is 0. The van der Waals surface area contributed by atoms with E-state index < -0.39 is 0 Å². The molecule has 1 saturated heterocycles. The Kier molecular flexibility index (Phi) is 8.60. The van der Waals surface area contributed by atoms with Crippen molar-refractivity contribution in [3.8, 4) is 5.75 Å². The van der Waals surface area contributed by atoms with Crippen LogP contribution in [0.3, 0.4) is 0 Å². The molecule has 2 rings (SSSR count). The van der Waals surface area contributed by atoms with Crippen LogP contribution in [0.15, 0.2) is 23.2 Å². The number of piperidine rings is 1. The zero-order valence-corrected chi connectivity index (χ0v) is 16.0. The summed E-state index contributed by atoms with van der Waals surface area (Å²) in [5, 5.41) is 0. The Morgan fingerprint density at radius 3 is 2.45 bits per heavy atom. The third-order valence-electron chi connectivity index (χ3n) is 3.91. The SMILES string of the molecule is Cc1cccc(C)c1OCCCN=C(N)N1CCCCC1.I. The molecule has 0 radical (unpaired) electrons. The highest BCUT2D eigenvalue weighted by Crippen LogP contribution is 2.22. The fourth-order valence-electron chi connectivity index (χ4n) is 2.68. The molecule has 0 bridgehead atoms. The number of guanidine groups is 1. The Bertz CT molecular complexity index is 465. The summed E-state index contributed by atoms with van der Waals surface area (Å²) in [7, 11) is 0. The number of nitrogens with two attached hydrogens (primary N) is 1. The van der Waals surface area contributed by atoms with Crippen molar-refractivity contribution in [1.82, 2.24) is 4.90 Å². The minimum atomic E-state index is 0. The number of para-hydroxylation sites is 1. The van der Waals surface area contributed by atoms with Crippen molar-refractivity contribution in [3.05, 3.63) is 29.3 Å². The number of nitrogens with zero attached hydrogens (tertiary/aromatic N) is 2. The molecule has 4 nitrogen and oxygen atoms in total. The van der Waals surface area contributed by atoms with Gasteiger partial charge in [-0.05, 0) is 44.2 Å². The zero-order chi connectivity index (χ0) is 15.1. The first-order valence-corrected chi connectivity index (χ1v) is 7.92. The van der Waals surface area contributed by atoms with Gasteiger partial charge in [-0.3, -0.25) is 4.99 Å². The van der Waals surface area contributed by atoms with E-state index in [9.17, 15) is 0 Å². The van der Waals surface area contributed by atoms with Crippen LogP contribution < -0.4 is 10.5 Å². The molecule has 0 saturated carbocycles. The highest BCUT2D eigenvalue weighted by molar-refractivity contribution is 14.0. The molecule has 0 aromatic heterocycles. The number of aliphatic imine (C=N–C) groups is 1. The Hall–Kier alpha value is -0.980. The summed E-state index contributed by atoms with van der Waals surface area (Å²) in [6.45, 7) is 7.67. The second kappa shape index (κ2) is 9.92. The maximum Gasteiger partial charge on any atom is 0.191 e. The van der Waals surface area contributed by atoms with Crippen LogP contribution in [0, 0.1) is 13.8 Å². The van der Waals surface area contributed by atoms with Crippen molar-refractivity contribution >= 4 is 29.9 Å². The fraction of sp³-hybridized carbons (Fsp3) is 0.588. The smallest absolute Gasteiger partial charge is 0.191 e. The van der Waals surface area contributed by atoms with E-state index in [0.29, 0.717) is 12.6 Å².